The molecule has 0 saturated carbocycles. The molecule has 0 aliphatic carbocycles. The Hall–Kier alpha value is -2.25. The van der Waals surface area contributed by atoms with Crippen molar-refractivity contribution >= 4 is 11.6 Å². The Labute approximate surface area is 147 Å². The number of methoxy groups -OCH3 is 1. The number of hydrogen-bond acceptors (Lipinski definition) is 6. The third kappa shape index (κ3) is 5.95. The van der Waals surface area contributed by atoms with Crippen molar-refractivity contribution < 1.29 is 18.8 Å². The minimum Gasteiger partial charge on any atom is -0.382 e. The molecule has 0 bridgehead atoms. The van der Waals surface area contributed by atoms with Gasteiger partial charge in [-0.25, -0.2) is 0 Å². The van der Waals surface area contributed by atoms with Crippen molar-refractivity contribution in [2.75, 3.05) is 32.2 Å². The van der Waals surface area contributed by atoms with E-state index in [1.54, 1.807) is 7.11 Å². The number of anilines is 1. The maximum Gasteiger partial charge on any atom is 0.232 e. The molecule has 0 saturated heterocycles. The molecule has 1 aromatic carbocycles. The van der Waals surface area contributed by atoms with E-state index in [9.17, 15) is 4.79 Å². The van der Waals surface area contributed by atoms with Crippen LogP contribution in [0.1, 0.15) is 33.1 Å². The number of nitrogens with zero attached hydrogens (tertiary/aromatic N) is 2. The summed E-state index contributed by atoms with van der Waals surface area (Å²) >= 11 is 0. The molecule has 2 aromatic rings. The minimum absolute atomic E-state index is 0.0975. The molecule has 7 nitrogen and oxygen atoms in total. The summed E-state index contributed by atoms with van der Waals surface area (Å²) in [6, 6.07) is 7.32. The Morgan fingerprint density at radius 1 is 1.16 bits per heavy atom. The van der Waals surface area contributed by atoms with Crippen LogP contribution >= 0.6 is 0 Å². The molecular weight excluding hydrogens is 322 g/mol. The monoisotopic (exact) mass is 347 g/mol. The highest BCUT2D eigenvalue weighted by atomic mass is 16.5. The van der Waals surface area contributed by atoms with E-state index in [2.05, 4.69) is 15.5 Å². The molecule has 1 N–H and O–H groups in total. The molecule has 0 aliphatic rings. The van der Waals surface area contributed by atoms with E-state index in [0.29, 0.717) is 43.6 Å². The van der Waals surface area contributed by atoms with Crippen molar-refractivity contribution in [1.82, 2.24) is 10.1 Å². The molecule has 0 fully saturated rings. The summed E-state index contributed by atoms with van der Waals surface area (Å²) < 4.78 is 15.4. The van der Waals surface area contributed by atoms with Crippen LogP contribution in [0.5, 0.6) is 0 Å². The van der Waals surface area contributed by atoms with E-state index < -0.39 is 0 Å². The fourth-order valence-electron chi connectivity index (χ4n) is 1.98. The van der Waals surface area contributed by atoms with Crippen LogP contribution in [0.4, 0.5) is 5.69 Å². The molecule has 136 valence electrons. The lowest BCUT2D eigenvalue weighted by molar-refractivity contribution is -0.117. The number of nitrogens with one attached hydrogen (secondary N) is 1. The lowest BCUT2D eigenvalue weighted by Gasteiger charge is -2.10. The topological polar surface area (TPSA) is 86.5 Å². The molecule has 0 unspecified atom stereocenters. The minimum atomic E-state index is -0.190. The van der Waals surface area contributed by atoms with Crippen molar-refractivity contribution in [2.45, 2.75) is 32.6 Å². The van der Waals surface area contributed by atoms with E-state index in [4.69, 9.17) is 14.0 Å². The van der Waals surface area contributed by atoms with E-state index in [0.717, 1.165) is 5.56 Å². The number of benzene rings is 1. The molecule has 25 heavy (non-hydrogen) atoms. The number of rotatable bonds is 8. The maximum absolute atomic E-state index is 11.9. The van der Waals surface area contributed by atoms with Gasteiger partial charge in [-0.1, -0.05) is 25.9 Å². The number of ether oxygens (including phenoxy) is 2. The second-order valence-electron chi connectivity index (χ2n) is 6.65. The van der Waals surface area contributed by atoms with E-state index in [-0.39, 0.29) is 11.3 Å². The summed E-state index contributed by atoms with van der Waals surface area (Å²) in [5, 5.41) is 6.83. The zero-order chi connectivity index (χ0) is 18.3. The van der Waals surface area contributed by atoms with Crippen molar-refractivity contribution in [3.63, 3.8) is 0 Å². The van der Waals surface area contributed by atoms with E-state index in [1.807, 2.05) is 45.0 Å². The Kier molecular flexibility index (Phi) is 6.66. The van der Waals surface area contributed by atoms with Gasteiger partial charge in [0, 0.05) is 23.8 Å². The van der Waals surface area contributed by atoms with Gasteiger partial charge in [-0.15, -0.1) is 0 Å². The average Bonchev–Trinajstić information content (AvgIpc) is 3.06. The summed E-state index contributed by atoms with van der Waals surface area (Å²) in [6.45, 7) is 7.42. The van der Waals surface area contributed by atoms with Crippen LogP contribution in [0.15, 0.2) is 28.8 Å². The van der Waals surface area contributed by atoms with Gasteiger partial charge in [-0.3, -0.25) is 4.79 Å². The zero-order valence-electron chi connectivity index (χ0n) is 15.2. The lowest BCUT2D eigenvalue weighted by atomic mass is 9.97. The SMILES string of the molecule is COCCOCCC(=O)Nc1ccc(-c2noc(C(C)(C)C)n2)cc1. The first-order valence-electron chi connectivity index (χ1n) is 8.21. The van der Waals surface area contributed by atoms with Gasteiger partial charge < -0.3 is 19.3 Å². The number of hydrogen-bond donors (Lipinski definition) is 1. The Balaban J connectivity index is 1.87. The Morgan fingerprint density at radius 2 is 1.88 bits per heavy atom. The zero-order valence-corrected chi connectivity index (χ0v) is 15.2. The van der Waals surface area contributed by atoms with Crippen LogP contribution < -0.4 is 5.32 Å². The largest absolute Gasteiger partial charge is 0.382 e. The summed E-state index contributed by atoms with van der Waals surface area (Å²) in [4.78, 5) is 16.3. The van der Waals surface area contributed by atoms with Gasteiger partial charge in [-0.05, 0) is 24.3 Å². The molecule has 0 aliphatic heterocycles. The Bertz CT molecular complexity index is 674. The molecule has 1 heterocycles. The fourth-order valence-corrected chi connectivity index (χ4v) is 1.98. The molecule has 7 heteroatoms. The summed E-state index contributed by atoms with van der Waals surface area (Å²) in [5.74, 6) is 1.03. The van der Waals surface area contributed by atoms with Crippen LogP contribution in [0.3, 0.4) is 0 Å². The van der Waals surface area contributed by atoms with Gasteiger partial charge in [0.1, 0.15) is 0 Å². The second kappa shape index (κ2) is 8.73. The van der Waals surface area contributed by atoms with Gasteiger partial charge in [0.15, 0.2) is 0 Å². The van der Waals surface area contributed by atoms with Gasteiger partial charge >= 0.3 is 0 Å². The van der Waals surface area contributed by atoms with Gasteiger partial charge in [0.25, 0.3) is 0 Å². The van der Waals surface area contributed by atoms with Crippen molar-refractivity contribution in [2.24, 2.45) is 0 Å². The second-order valence-corrected chi connectivity index (χ2v) is 6.65. The van der Waals surface area contributed by atoms with E-state index >= 15 is 0 Å². The quantitative estimate of drug-likeness (QED) is 0.739. The first-order valence-corrected chi connectivity index (χ1v) is 8.21. The number of aromatic nitrogens is 2. The van der Waals surface area contributed by atoms with Crippen LogP contribution in [0.2, 0.25) is 0 Å². The highest BCUT2D eigenvalue weighted by Gasteiger charge is 2.22. The highest BCUT2D eigenvalue weighted by molar-refractivity contribution is 5.90. The Morgan fingerprint density at radius 3 is 2.48 bits per heavy atom. The predicted molar refractivity (Wildman–Crippen MR) is 94.4 cm³/mol. The van der Waals surface area contributed by atoms with Gasteiger partial charge in [0.05, 0.1) is 26.2 Å². The van der Waals surface area contributed by atoms with Crippen LogP contribution in [0, 0.1) is 0 Å². The summed E-state index contributed by atoms with van der Waals surface area (Å²) in [7, 11) is 1.61. The summed E-state index contributed by atoms with van der Waals surface area (Å²) in [6.07, 6.45) is 0.297. The van der Waals surface area contributed by atoms with Crippen molar-refractivity contribution in [1.29, 1.82) is 0 Å². The molecule has 2 rings (SSSR count). The van der Waals surface area contributed by atoms with E-state index in [1.165, 1.54) is 0 Å². The van der Waals surface area contributed by atoms with Gasteiger partial charge in [-0.2, -0.15) is 4.98 Å². The normalized spacial score (nSPS) is 11.5. The average molecular weight is 347 g/mol. The molecule has 1 aromatic heterocycles. The van der Waals surface area contributed by atoms with Crippen molar-refractivity contribution in [3.05, 3.63) is 30.2 Å². The molecule has 0 atom stereocenters. The number of amides is 1. The standard InChI is InChI=1S/C18H25N3O4/c1-18(2,3)17-20-16(21-25-17)13-5-7-14(8-6-13)19-15(22)9-10-24-12-11-23-4/h5-8H,9-12H2,1-4H3,(H,19,22). The third-order valence-electron chi connectivity index (χ3n) is 3.40. The lowest BCUT2D eigenvalue weighted by Crippen LogP contribution is -2.15. The summed E-state index contributed by atoms with van der Waals surface area (Å²) in [5.41, 5.74) is 1.36. The highest BCUT2D eigenvalue weighted by Crippen LogP contribution is 2.24. The van der Waals surface area contributed by atoms with Crippen molar-refractivity contribution in [3.8, 4) is 11.4 Å². The third-order valence-corrected chi connectivity index (χ3v) is 3.40. The first kappa shape index (κ1) is 19.1. The number of carbonyl (C=O) groups is 1. The van der Waals surface area contributed by atoms with Crippen LogP contribution in [-0.4, -0.2) is 43.0 Å². The fraction of sp³-hybridized carbons (Fsp3) is 0.500. The molecule has 0 radical (unpaired) electrons. The predicted octanol–water partition coefficient (Wildman–Crippen LogP) is 3.03. The van der Waals surface area contributed by atoms with Gasteiger partial charge in [0.2, 0.25) is 17.6 Å². The molecule has 1 amide bonds. The smallest absolute Gasteiger partial charge is 0.232 e. The maximum atomic E-state index is 11.9. The molecule has 0 spiro atoms. The van der Waals surface area contributed by atoms with Crippen LogP contribution in [-0.2, 0) is 19.7 Å². The van der Waals surface area contributed by atoms with Crippen LogP contribution in [0.25, 0.3) is 11.4 Å². The molecular formula is C18H25N3O4. The number of carbonyl (C=O) groups excluding carboxylic acids is 1. The first-order chi connectivity index (χ1) is 11.9.